The Labute approximate surface area is 171 Å². The number of fused-ring (bicyclic) bond motifs is 1. The van der Waals surface area contributed by atoms with Crippen LogP contribution >= 0.6 is 0 Å². The van der Waals surface area contributed by atoms with Crippen LogP contribution in [0.1, 0.15) is 29.6 Å². The molecule has 3 aliphatic rings. The molecule has 3 heterocycles. The van der Waals surface area contributed by atoms with E-state index in [2.05, 4.69) is 10.2 Å². The summed E-state index contributed by atoms with van der Waals surface area (Å²) in [4.78, 5) is 29.2. The number of likely N-dealkylation sites (N-methyl/N-ethyl adjacent to an activating group) is 1. The molecule has 0 aliphatic carbocycles. The van der Waals surface area contributed by atoms with Gasteiger partial charge in [-0.2, -0.15) is 0 Å². The molecular formula is C21H29N3O5. The summed E-state index contributed by atoms with van der Waals surface area (Å²) in [6, 6.07) is 5.72. The minimum Gasteiger partial charge on any atom is -0.486 e. The highest BCUT2D eigenvalue weighted by Crippen LogP contribution is 2.31. The van der Waals surface area contributed by atoms with Gasteiger partial charge in [0.25, 0.3) is 5.91 Å². The Kier molecular flexibility index (Phi) is 6.20. The number of nitrogens with one attached hydrogen (secondary N) is 1. The summed E-state index contributed by atoms with van der Waals surface area (Å²) in [6.07, 6.45) is 2.47. The van der Waals surface area contributed by atoms with Crippen LogP contribution in [0.2, 0.25) is 0 Å². The Balaban J connectivity index is 1.27. The zero-order valence-electron chi connectivity index (χ0n) is 16.9. The number of nitrogens with zero attached hydrogens (tertiary/aromatic N) is 2. The van der Waals surface area contributed by atoms with Crippen LogP contribution in [-0.2, 0) is 9.53 Å². The standard InChI is InChI=1S/C21H29N3O5/c1-23-16(13-20(25)24-6-8-27-9-7-24)3-4-17(23)14-22-21(26)15-2-5-18-19(12-15)29-11-10-28-18/h2,5,12,16-17H,3-4,6-11,13-14H2,1H3,(H,22,26)/t16-,17+/m1/s1. The molecule has 0 aromatic heterocycles. The summed E-state index contributed by atoms with van der Waals surface area (Å²) in [7, 11) is 2.05. The monoisotopic (exact) mass is 403 g/mol. The predicted octanol–water partition coefficient (Wildman–Crippen LogP) is 0.899. The van der Waals surface area contributed by atoms with Crippen LogP contribution in [0, 0.1) is 0 Å². The lowest BCUT2D eigenvalue weighted by Crippen LogP contribution is -2.45. The van der Waals surface area contributed by atoms with E-state index in [1.807, 2.05) is 11.9 Å². The number of rotatable bonds is 5. The zero-order chi connectivity index (χ0) is 20.2. The lowest BCUT2D eigenvalue weighted by Gasteiger charge is -2.30. The number of carbonyl (C=O) groups excluding carboxylic acids is 2. The van der Waals surface area contributed by atoms with Crippen molar-refractivity contribution in [3.8, 4) is 11.5 Å². The smallest absolute Gasteiger partial charge is 0.251 e. The van der Waals surface area contributed by atoms with E-state index in [4.69, 9.17) is 14.2 Å². The van der Waals surface area contributed by atoms with Crippen molar-refractivity contribution in [1.82, 2.24) is 15.1 Å². The van der Waals surface area contributed by atoms with Gasteiger partial charge in [-0.1, -0.05) is 0 Å². The van der Waals surface area contributed by atoms with E-state index in [-0.39, 0.29) is 23.9 Å². The average Bonchev–Trinajstić information content (AvgIpc) is 3.11. The molecule has 8 nitrogen and oxygen atoms in total. The first-order valence-corrected chi connectivity index (χ1v) is 10.4. The van der Waals surface area contributed by atoms with Crippen LogP contribution in [0.5, 0.6) is 11.5 Å². The number of benzene rings is 1. The van der Waals surface area contributed by atoms with Crippen LogP contribution in [0.4, 0.5) is 0 Å². The fraction of sp³-hybridized carbons (Fsp3) is 0.619. The van der Waals surface area contributed by atoms with Gasteiger partial charge >= 0.3 is 0 Å². The lowest BCUT2D eigenvalue weighted by molar-refractivity contribution is -0.136. The van der Waals surface area contributed by atoms with Gasteiger partial charge < -0.3 is 24.4 Å². The molecule has 0 radical (unpaired) electrons. The molecule has 29 heavy (non-hydrogen) atoms. The Morgan fingerprint density at radius 3 is 2.55 bits per heavy atom. The molecular weight excluding hydrogens is 374 g/mol. The molecule has 0 saturated carbocycles. The van der Waals surface area contributed by atoms with E-state index in [1.54, 1.807) is 18.2 Å². The highest BCUT2D eigenvalue weighted by atomic mass is 16.6. The van der Waals surface area contributed by atoms with Crippen molar-refractivity contribution in [2.24, 2.45) is 0 Å². The quantitative estimate of drug-likeness (QED) is 0.787. The van der Waals surface area contributed by atoms with Crippen LogP contribution < -0.4 is 14.8 Å². The van der Waals surface area contributed by atoms with Crippen LogP contribution in [0.25, 0.3) is 0 Å². The van der Waals surface area contributed by atoms with Gasteiger partial charge in [-0.25, -0.2) is 0 Å². The first-order valence-electron chi connectivity index (χ1n) is 10.4. The first kappa shape index (κ1) is 20.0. The number of morpholine rings is 1. The molecule has 0 spiro atoms. The lowest BCUT2D eigenvalue weighted by atomic mass is 10.1. The minimum atomic E-state index is -0.122. The van der Waals surface area contributed by atoms with E-state index in [1.165, 1.54) is 0 Å². The number of hydrogen-bond donors (Lipinski definition) is 1. The molecule has 158 valence electrons. The van der Waals surface area contributed by atoms with Crippen molar-refractivity contribution >= 4 is 11.8 Å². The Morgan fingerprint density at radius 2 is 1.76 bits per heavy atom. The van der Waals surface area contributed by atoms with Gasteiger partial charge in [0, 0.05) is 43.7 Å². The highest BCUT2D eigenvalue weighted by Gasteiger charge is 2.33. The van der Waals surface area contributed by atoms with E-state index >= 15 is 0 Å². The third-order valence-corrected chi connectivity index (χ3v) is 6.06. The normalized spacial score (nSPS) is 24.4. The third-order valence-electron chi connectivity index (χ3n) is 6.06. The van der Waals surface area contributed by atoms with Gasteiger partial charge in [-0.3, -0.25) is 14.5 Å². The molecule has 2 amide bonds. The molecule has 2 saturated heterocycles. The molecule has 4 rings (SSSR count). The number of hydrogen-bond acceptors (Lipinski definition) is 6. The molecule has 8 heteroatoms. The minimum absolute atomic E-state index is 0.122. The second-order valence-electron chi connectivity index (χ2n) is 7.82. The van der Waals surface area contributed by atoms with Crippen molar-refractivity contribution in [2.45, 2.75) is 31.3 Å². The molecule has 0 bridgehead atoms. The van der Waals surface area contributed by atoms with Crippen molar-refractivity contribution < 1.29 is 23.8 Å². The largest absolute Gasteiger partial charge is 0.486 e. The second kappa shape index (κ2) is 9.00. The number of ether oxygens (including phenoxy) is 3. The fourth-order valence-electron chi connectivity index (χ4n) is 4.22. The molecule has 1 aromatic carbocycles. The first-order chi connectivity index (χ1) is 14.1. The predicted molar refractivity (Wildman–Crippen MR) is 106 cm³/mol. The van der Waals surface area contributed by atoms with Gasteiger partial charge in [-0.05, 0) is 38.1 Å². The maximum atomic E-state index is 12.6. The van der Waals surface area contributed by atoms with Crippen molar-refractivity contribution in [2.75, 3.05) is 53.1 Å². The maximum absolute atomic E-state index is 12.6. The van der Waals surface area contributed by atoms with Gasteiger partial charge in [0.15, 0.2) is 11.5 Å². The van der Waals surface area contributed by atoms with Gasteiger partial charge in [0.2, 0.25) is 5.91 Å². The number of amides is 2. The van der Waals surface area contributed by atoms with Crippen LogP contribution in [0.15, 0.2) is 18.2 Å². The Morgan fingerprint density at radius 1 is 1.03 bits per heavy atom. The maximum Gasteiger partial charge on any atom is 0.251 e. The fourth-order valence-corrected chi connectivity index (χ4v) is 4.22. The molecule has 3 aliphatic heterocycles. The van der Waals surface area contributed by atoms with Gasteiger partial charge in [0.1, 0.15) is 13.2 Å². The SMILES string of the molecule is CN1[C@@H](CC(=O)N2CCOCC2)CC[C@H]1CNC(=O)c1ccc2c(c1)OCCO2. The number of likely N-dealkylation sites (tertiary alicyclic amines) is 1. The Bertz CT molecular complexity index is 750. The average molecular weight is 403 g/mol. The third kappa shape index (κ3) is 4.64. The summed E-state index contributed by atoms with van der Waals surface area (Å²) < 4.78 is 16.4. The van der Waals surface area contributed by atoms with Gasteiger partial charge in [0.05, 0.1) is 13.2 Å². The zero-order valence-corrected chi connectivity index (χ0v) is 16.9. The Hall–Kier alpha value is -2.32. The molecule has 1 aromatic rings. The molecule has 2 atom stereocenters. The van der Waals surface area contributed by atoms with E-state index < -0.39 is 0 Å². The summed E-state index contributed by atoms with van der Waals surface area (Å²) in [5, 5.41) is 3.03. The van der Waals surface area contributed by atoms with Crippen LogP contribution in [0.3, 0.4) is 0 Å². The highest BCUT2D eigenvalue weighted by molar-refractivity contribution is 5.94. The van der Waals surface area contributed by atoms with Gasteiger partial charge in [-0.15, -0.1) is 0 Å². The van der Waals surface area contributed by atoms with Crippen LogP contribution in [-0.4, -0.2) is 86.8 Å². The van der Waals surface area contributed by atoms with Crippen molar-refractivity contribution in [1.29, 1.82) is 0 Å². The summed E-state index contributed by atoms with van der Waals surface area (Å²) in [5.41, 5.74) is 0.564. The van der Waals surface area contributed by atoms with Crippen molar-refractivity contribution in [3.05, 3.63) is 23.8 Å². The van der Waals surface area contributed by atoms with E-state index in [0.717, 1.165) is 12.8 Å². The van der Waals surface area contributed by atoms with E-state index in [9.17, 15) is 9.59 Å². The number of carbonyl (C=O) groups is 2. The molecule has 0 unspecified atom stereocenters. The summed E-state index contributed by atoms with van der Waals surface area (Å²) in [6.45, 7) is 4.21. The molecule has 2 fully saturated rings. The molecule has 1 N–H and O–H groups in total. The van der Waals surface area contributed by atoms with E-state index in [0.29, 0.717) is 69.5 Å². The second-order valence-corrected chi connectivity index (χ2v) is 7.82. The summed E-state index contributed by atoms with van der Waals surface area (Å²) >= 11 is 0. The van der Waals surface area contributed by atoms with Crippen molar-refractivity contribution in [3.63, 3.8) is 0 Å². The summed E-state index contributed by atoms with van der Waals surface area (Å²) in [5.74, 6) is 1.37. The topological polar surface area (TPSA) is 80.3 Å².